The number of aliphatic imine (C=N–C) groups is 1. The summed E-state index contributed by atoms with van der Waals surface area (Å²) in [5.74, 6) is 0. The Morgan fingerprint density at radius 2 is 1.71 bits per heavy atom. The molecule has 0 aromatic carbocycles. The van der Waals surface area contributed by atoms with Gasteiger partial charge in [-0.1, -0.05) is 25.7 Å². The first-order valence-electron chi connectivity index (χ1n) is 5.84. The predicted molar refractivity (Wildman–Crippen MR) is 58.5 cm³/mol. The molecule has 2 heteroatoms. The quantitative estimate of drug-likeness (QED) is 0.623. The number of nitrogens with one attached hydrogen (secondary N) is 1. The molecule has 3 heterocycles. The van der Waals surface area contributed by atoms with E-state index in [0.717, 1.165) is 0 Å². The van der Waals surface area contributed by atoms with Crippen molar-refractivity contribution in [2.24, 2.45) is 4.99 Å². The summed E-state index contributed by atoms with van der Waals surface area (Å²) in [4.78, 5) is 4.37. The molecule has 1 saturated carbocycles. The number of hydrogen-bond acceptors (Lipinski definition) is 2. The zero-order valence-corrected chi connectivity index (χ0v) is 8.63. The summed E-state index contributed by atoms with van der Waals surface area (Å²) in [7, 11) is 0. The highest BCUT2D eigenvalue weighted by Gasteiger charge is 2.51. The van der Waals surface area contributed by atoms with Crippen molar-refractivity contribution < 1.29 is 0 Å². The third kappa shape index (κ3) is 1.24. The molecular weight excluding hydrogens is 172 g/mol. The van der Waals surface area contributed by atoms with E-state index in [4.69, 9.17) is 0 Å². The molecule has 0 aromatic heterocycles. The van der Waals surface area contributed by atoms with Crippen molar-refractivity contribution in [3.8, 4) is 0 Å². The van der Waals surface area contributed by atoms with Crippen LogP contribution >= 0.6 is 0 Å². The molecule has 2 bridgehead atoms. The summed E-state index contributed by atoms with van der Waals surface area (Å²) < 4.78 is 0. The van der Waals surface area contributed by atoms with Gasteiger partial charge in [-0.25, -0.2) is 0 Å². The van der Waals surface area contributed by atoms with Gasteiger partial charge in [0, 0.05) is 18.0 Å². The van der Waals surface area contributed by atoms with E-state index in [1.807, 2.05) is 6.20 Å². The molecule has 4 rings (SSSR count). The topological polar surface area (TPSA) is 24.4 Å². The highest BCUT2D eigenvalue weighted by Crippen LogP contribution is 2.43. The highest BCUT2D eigenvalue weighted by molar-refractivity contribution is 5.75. The monoisotopic (exact) mass is 190 g/mol. The van der Waals surface area contributed by atoms with Crippen LogP contribution in [0.5, 0.6) is 0 Å². The molecule has 2 unspecified atom stereocenters. The van der Waals surface area contributed by atoms with Crippen molar-refractivity contribution in [1.29, 1.82) is 0 Å². The lowest BCUT2D eigenvalue weighted by molar-refractivity contribution is 0.127. The van der Waals surface area contributed by atoms with Crippen LogP contribution in [-0.2, 0) is 0 Å². The van der Waals surface area contributed by atoms with Crippen LogP contribution in [0, 0.1) is 0 Å². The van der Waals surface area contributed by atoms with Crippen molar-refractivity contribution in [2.75, 3.05) is 0 Å². The number of hydrogen-bond donors (Lipinski definition) is 1. The van der Waals surface area contributed by atoms with Crippen LogP contribution in [0.15, 0.2) is 17.3 Å². The van der Waals surface area contributed by atoms with Crippen LogP contribution in [0.2, 0.25) is 0 Å². The maximum absolute atomic E-state index is 4.37. The van der Waals surface area contributed by atoms with Gasteiger partial charge in [0.25, 0.3) is 0 Å². The lowest BCUT2D eigenvalue weighted by atomic mass is 9.69. The first-order chi connectivity index (χ1) is 6.83. The molecule has 2 fully saturated rings. The highest BCUT2D eigenvalue weighted by atomic mass is 15.2. The molecule has 0 spiro atoms. The van der Waals surface area contributed by atoms with E-state index < -0.39 is 0 Å². The Morgan fingerprint density at radius 3 is 2.50 bits per heavy atom. The Balaban J connectivity index is 1.88. The van der Waals surface area contributed by atoms with Crippen LogP contribution in [0.1, 0.15) is 44.9 Å². The number of fused-ring (bicyclic) bond motifs is 1. The van der Waals surface area contributed by atoms with Gasteiger partial charge >= 0.3 is 0 Å². The summed E-state index contributed by atoms with van der Waals surface area (Å²) in [5, 5.41) is 3.77. The first kappa shape index (κ1) is 8.66. The molecule has 0 radical (unpaired) electrons. The zero-order chi connectivity index (χ0) is 9.49. The molecule has 2 nitrogen and oxygen atoms in total. The molecule has 76 valence electrons. The Morgan fingerprint density at radius 1 is 1.00 bits per heavy atom. The van der Waals surface area contributed by atoms with Crippen molar-refractivity contribution in [3.63, 3.8) is 0 Å². The van der Waals surface area contributed by atoms with E-state index in [-0.39, 0.29) is 5.54 Å². The van der Waals surface area contributed by atoms with Gasteiger partial charge in [-0.2, -0.15) is 0 Å². The molecular formula is C12H18N2. The van der Waals surface area contributed by atoms with Crippen molar-refractivity contribution >= 4 is 6.21 Å². The molecule has 1 saturated heterocycles. The Labute approximate surface area is 85.5 Å². The lowest BCUT2D eigenvalue weighted by Crippen LogP contribution is -2.71. The predicted octanol–water partition coefficient (Wildman–Crippen LogP) is 2.41. The standard InChI is InChI=1S/C12H18N2/c1-2-4-6-12-9-11(14-12,5-3-1)7-8-13-10-12/h7-8,10,14H,1-6,9H2. The van der Waals surface area contributed by atoms with E-state index in [0.29, 0.717) is 5.54 Å². The van der Waals surface area contributed by atoms with Crippen molar-refractivity contribution in [3.05, 3.63) is 12.3 Å². The van der Waals surface area contributed by atoms with Crippen LogP contribution in [0.25, 0.3) is 0 Å². The van der Waals surface area contributed by atoms with Crippen LogP contribution in [0.3, 0.4) is 0 Å². The van der Waals surface area contributed by atoms with Crippen LogP contribution in [0.4, 0.5) is 0 Å². The van der Waals surface area contributed by atoms with Gasteiger partial charge in [-0.3, -0.25) is 10.3 Å². The van der Waals surface area contributed by atoms with E-state index in [1.165, 1.54) is 44.9 Å². The third-order valence-corrected chi connectivity index (χ3v) is 3.93. The minimum Gasteiger partial charge on any atom is -0.297 e. The Bertz CT molecular complexity index is 257. The molecule has 0 aromatic rings. The molecule has 2 atom stereocenters. The lowest BCUT2D eigenvalue weighted by Gasteiger charge is -2.54. The normalized spacial score (nSPS) is 45.7. The minimum absolute atomic E-state index is 0.258. The van der Waals surface area contributed by atoms with Crippen molar-refractivity contribution in [2.45, 2.75) is 56.0 Å². The molecule has 0 amide bonds. The zero-order valence-electron chi connectivity index (χ0n) is 8.63. The third-order valence-electron chi connectivity index (χ3n) is 3.93. The summed E-state index contributed by atoms with van der Waals surface area (Å²) >= 11 is 0. The second-order valence-corrected chi connectivity index (χ2v) is 5.12. The summed E-state index contributed by atoms with van der Waals surface area (Å²) in [5.41, 5.74) is 0.564. The average Bonchev–Trinajstić information content (AvgIpc) is 2.30. The van der Waals surface area contributed by atoms with Crippen LogP contribution in [-0.4, -0.2) is 17.3 Å². The number of nitrogens with zero attached hydrogens (tertiary/aromatic N) is 1. The van der Waals surface area contributed by atoms with Crippen molar-refractivity contribution in [1.82, 2.24) is 5.32 Å². The smallest absolute Gasteiger partial charge is 0.0565 e. The first-order valence-corrected chi connectivity index (χ1v) is 5.84. The Kier molecular flexibility index (Phi) is 1.81. The summed E-state index contributed by atoms with van der Waals surface area (Å²) in [6, 6.07) is 0. The van der Waals surface area contributed by atoms with Crippen LogP contribution < -0.4 is 5.32 Å². The fraction of sp³-hybridized carbons (Fsp3) is 0.750. The SMILES string of the molecule is C1=CC23CCCCCCC(C=N1)(C2)N3. The van der Waals surface area contributed by atoms with Gasteiger partial charge in [0.05, 0.1) is 5.54 Å². The van der Waals surface area contributed by atoms with Gasteiger partial charge in [-0.15, -0.1) is 0 Å². The molecule has 4 aliphatic rings. The van der Waals surface area contributed by atoms with Gasteiger partial charge in [-0.05, 0) is 25.3 Å². The number of rotatable bonds is 0. The minimum atomic E-state index is 0.258. The van der Waals surface area contributed by atoms with Gasteiger partial charge < -0.3 is 0 Å². The van der Waals surface area contributed by atoms with E-state index in [2.05, 4.69) is 22.6 Å². The largest absolute Gasteiger partial charge is 0.297 e. The maximum Gasteiger partial charge on any atom is 0.0565 e. The second-order valence-electron chi connectivity index (χ2n) is 5.12. The van der Waals surface area contributed by atoms with E-state index in [9.17, 15) is 0 Å². The van der Waals surface area contributed by atoms with E-state index in [1.54, 1.807) is 0 Å². The van der Waals surface area contributed by atoms with Gasteiger partial charge in [0.2, 0.25) is 0 Å². The molecule has 1 N–H and O–H groups in total. The second kappa shape index (κ2) is 2.93. The average molecular weight is 190 g/mol. The van der Waals surface area contributed by atoms with Gasteiger partial charge in [0.15, 0.2) is 0 Å². The Hall–Kier alpha value is -0.630. The fourth-order valence-electron chi connectivity index (χ4n) is 3.27. The molecule has 1 aliphatic carbocycles. The fourth-order valence-corrected chi connectivity index (χ4v) is 3.27. The van der Waals surface area contributed by atoms with E-state index >= 15 is 0 Å². The summed E-state index contributed by atoms with van der Waals surface area (Å²) in [6.07, 6.45) is 15.8. The maximum atomic E-state index is 4.37. The molecule has 14 heavy (non-hydrogen) atoms. The summed E-state index contributed by atoms with van der Waals surface area (Å²) in [6.45, 7) is 0. The van der Waals surface area contributed by atoms with Gasteiger partial charge in [0.1, 0.15) is 0 Å². The molecule has 3 aliphatic heterocycles.